The molecular formula is C23H22N2O6S2. The number of rotatable bonds is 7. The van der Waals surface area contributed by atoms with Crippen LogP contribution in [0.2, 0.25) is 0 Å². The number of aryl methyl sites for hydroxylation is 1. The van der Waals surface area contributed by atoms with Gasteiger partial charge in [-0.15, -0.1) is 11.3 Å². The van der Waals surface area contributed by atoms with E-state index in [4.69, 9.17) is 9.47 Å². The van der Waals surface area contributed by atoms with Gasteiger partial charge in [-0.1, -0.05) is 0 Å². The predicted molar refractivity (Wildman–Crippen MR) is 126 cm³/mol. The van der Waals surface area contributed by atoms with Crippen molar-refractivity contribution in [3.63, 3.8) is 0 Å². The van der Waals surface area contributed by atoms with Crippen LogP contribution < -0.4 is 14.8 Å². The first kappa shape index (κ1) is 22.8. The molecule has 4 rings (SSSR count). The molecule has 1 aromatic heterocycles. The monoisotopic (exact) mass is 486 g/mol. The largest absolute Gasteiger partial charge is 0.497 e. The number of carbonyl (C=O) groups excluding carboxylic acids is 2. The number of anilines is 2. The van der Waals surface area contributed by atoms with E-state index in [0.29, 0.717) is 27.6 Å². The standard InChI is InChI=1S/C23H22N2O6S2/c1-30-16-10-12-17(13-11-16)33(28,29)25-15-8-6-14(7-9-15)21(26)24-22-20(23(27)31-2)18-4-3-5-19(18)32-22/h6-13,25H,3-5H2,1-2H3,(H,24,26). The molecule has 0 atom stereocenters. The number of benzene rings is 2. The summed E-state index contributed by atoms with van der Waals surface area (Å²) in [6.07, 6.45) is 2.64. The minimum Gasteiger partial charge on any atom is -0.497 e. The van der Waals surface area contributed by atoms with Crippen molar-refractivity contribution in [2.24, 2.45) is 0 Å². The zero-order chi connectivity index (χ0) is 23.6. The number of methoxy groups -OCH3 is 2. The molecule has 0 fully saturated rings. The number of fused-ring (bicyclic) bond motifs is 1. The van der Waals surface area contributed by atoms with E-state index in [-0.39, 0.29) is 4.90 Å². The summed E-state index contributed by atoms with van der Waals surface area (Å²) in [7, 11) is -0.973. The van der Waals surface area contributed by atoms with Gasteiger partial charge in [0.25, 0.3) is 15.9 Å². The average molecular weight is 487 g/mol. The second-order valence-electron chi connectivity index (χ2n) is 7.37. The minimum absolute atomic E-state index is 0.0891. The fourth-order valence-electron chi connectivity index (χ4n) is 3.64. The van der Waals surface area contributed by atoms with Crippen LogP contribution >= 0.6 is 11.3 Å². The predicted octanol–water partition coefficient (Wildman–Crippen LogP) is 4.09. The Labute approximate surface area is 195 Å². The molecule has 1 amide bonds. The summed E-state index contributed by atoms with van der Waals surface area (Å²) >= 11 is 1.39. The third kappa shape index (κ3) is 4.71. The number of esters is 1. The van der Waals surface area contributed by atoms with Gasteiger partial charge in [0.2, 0.25) is 0 Å². The molecule has 0 aliphatic heterocycles. The van der Waals surface area contributed by atoms with E-state index in [9.17, 15) is 18.0 Å². The van der Waals surface area contributed by atoms with Gasteiger partial charge in [-0.05, 0) is 73.4 Å². The summed E-state index contributed by atoms with van der Waals surface area (Å²) < 4.78 is 37.6. The smallest absolute Gasteiger partial charge is 0.341 e. The number of hydrogen-bond acceptors (Lipinski definition) is 7. The highest BCUT2D eigenvalue weighted by Crippen LogP contribution is 2.39. The number of ether oxygens (including phenoxy) is 2. The Morgan fingerprint density at radius 2 is 1.67 bits per heavy atom. The van der Waals surface area contributed by atoms with Gasteiger partial charge in [0, 0.05) is 16.1 Å². The maximum absolute atomic E-state index is 12.8. The van der Waals surface area contributed by atoms with Crippen molar-refractivity contribution in [2.45, 2.75) is 24.2 Å². The first-order valence-corrected chi connectivity index (χ1v) is 12.4. The van der Waals surface area contributed by atoms with Crippen LogP contribution in [0.25, 0.3) is 0 Å². The summed E-state index contributed by atoms with van der Waals surface area (Å²) in [6, 6.07) is 12.1. The van der Waals surface area contributed by atoms with E-state index in [2.05, 4.69) is 10.0 Å². The Balaban J connectivity index is 1.48. The number of nitrogens with one attached hydrogen (secondary N) is 2. The van der Waals surface area contributed by atoms with E-state index in [1.165, 1.54) is 62.0 Å². The summed E-state index contributed by atoms with van der Waals surface area (Å²) in [6.45, 7) is 0. The Morgan fingerprint density at radius 3 is 2.30 bits per heavy atom. The molecule has 10 heteroatoms. The van der Waals surface area contributed by atoms with E-state index < -0.39 is 21.9 Å². The van der Waals surface area contributed by atoms with Crippen LogP contribution in [0.1, 0.15) is 37.6 Å². The highest BCUT2D eigenvalue weighted by molar-refractivity contribution is 7.92. The molecule has 3 aromatic rings. The molecule has 0 unspecified atom stereocenters. The van der Waals surface area contributed by atoms with E-state index in [1.807, 2.05) is 0 Å². The molecule has 0 saturated heterocycles. The molecule has 2 N–H and O–H groups in total. The molecule has 33 heavy (non-hydrogen) atoms. The molecule has 1 aliphatic rings. The summed E-state index contributed by atoms with van der Waals surface area (Å²) in [5.74, 6) is -0.312. The second kappa shape index (κ2) is 9.24. The summed E-state index contributed by atoms with van der Waals surface area (Å²) in [5, 5.41) is 3.28. The quantitative estimate of drug-likeness (QED) is 0.487. The van der Waals surface area contributed by atoms with Crippen LogP contribution in [0.15, 0.2) is 53.4 Å². The Morgan fingerprint density at radius 1 is 0.970 bits per heavy atom. The third-order valence-electron chi connectivity index (χ3n) is 5.31. The molecular weight excluding hydrogens is 464 g/mol. The Kier molecular flexibility index (Phi) is 6.39. The van der Waals surface area contributed by atoms with Gasteiger partial charge < -0.3 is 14.8 Å². The number of amides is 1. The lowest BCUT2D eigenvalue weighted by atomic mass is 10.1. The summed E-state index contributed by atoms with van der Waals surface area (Å²) in [5.41, 5.74) is 2.01. The lowest BCUT2D eigenvalue weighted by Gasteiger charge is -2.10. The minimum atomic E-state index is -3.79. The summed E-state index contributed by atoms with van der Waals surface area (Å²) in [4.78, 5) is 26.2. The van der Waals surface area contributed by atoms with Crippen LogP contribution in [-0.2, 0) is 27.6 Å². The normalized spacial score (nSPS) is 12.7. The highest BCUT2D eigenvalue weighted by Gasteiger charge is 2.28. The second-order valence-corrected chi connectivity index (χ2v) is 10.2. The molecule has 2 aromatic carbocycles. The number of hydrogen-bond donors (Lipinski definition) is 2. The zero-order valence-electron chi connectivity index (χ0n) is 18.0. The number of thiophene rings is 1. The molecule has 1 aliphatic carbocycles. The van der Waals surface area contributed by atoms with Crippen LogP contribution in [0, 0.1) is 0 Å². The van der Waals surface area contributed by atoms with Crippen LogP contribution in [0.4, 0.5) is 10.7 Å². The molecule has 172 valence electrons. The first-order chi connectivity index (χ1) is 15.8. The van der Waals surface area contributed by atoms with Crippen molar-refractivity contribution in [3.8, 4) is 5.75 Å². The van der Waals surface area contributed by atoms with E-state index in [0.717, 1.165) is 29.7 Å². The van der Waals surface area contributed by atoms with Gasteiger partial charge in [-0.3, -0.25) is 9.52 Å². The Hall–Kier alpha value is -3.37. The number of sulfonamides is 1. The van der Waals surface area contributed by atoms with Crippen molar-refractivity contribution in [3.05, 3.63) is 70.1 Å². The van der Waals surface area contributed by atoms with Gasteiger partial charge >= 0.3 is 5.97 Å². The third-order valence-corrected chi connectivity index (χ3v) is 7.91. The molecule has 1 heterocycles. The highest BCUT2D eigenvalue weighted by atomic mass is 32.2. The average Bonchev–Trinajstić information content (AvgIpc) is 3.39. The molecule has 0 bridgehead atoms. The lowest BCUT2D eigenvalue weighted by molar-refractivity contribution is 0.0601. The van der Waals surface area contributed by atoms with Crippen molar-refractivity contribution >= 4 is 43.9 Å². The van der Waals surface area contributed by atoms with Gasteiger partial charge in [-0.2, -0.15) is 0 Å². The number of carbonyl (C=O) groups is 2. The van der Waals surface area contributed by atoms with Crippen molar-refractivity contribution < 1.29 is 27.5 Å². The molecule has 0 radical (unpaired) electrons. The fraction of sp³-hybridized carbons (Fsp3) is 0.217. The van der Waals surface area contributed by atoms with Crippen molar-refractivity contribution in [1.29, 1.82) is 0 Å². The van der Waals surface area contributed by atoms with Gasteiger partial charge in [0.15, 0.2) is 0 Å². The SMILES string of the molecule is COC(=O)c1c(NC(=O)c2ccc(NS(=O)(=O)c3ccc(OC)cc3)cc2)sc2c1CCC2. The van der Waals surface area contributed by atoms with Crippen molar-refractivity contribution in [2.75, 3.05) is 24.3 Å². The van der Waals surface area contributed by atoms with Crippen molar-refractivity contribution in [1.82, 2.24) is 0 Å². The zero-order valence-corrected chi connectivity index (χ0v) is 19.6. The van der Waals surface area contributed by atoms with Gasteiger partial charge in [0.1, 0.15) is 10.8 Å². The van der Waals surface area contributed by atoms with E-state index in [1.54, 1.807) is 12.1 Å². The fourth-order valence-corrected chi connectivity index (χ4v) is 5.98. The lowest BCUT2D eigenvalue weighted by Crippen LogP contribution is -2.15. The van der Waals surface area contributed by atoms with Crippen LogP contribution in [-0.4, -0.2) is 34.5 Å². The molecule has 0 spiro atoms. The molecule has 0 saturated carbocycles. The van der Waals surface area contributed by atoms with Gasteiger partial charge in [0.05, 0.1) is 24.7 Å². The van der Waals surface area contributed by atoms with Crippen LogP contribution in [0.5, 0.6) is 5.75 Å². The first-order valence-electron chi connectivity index (χ1n) is 10.1. The molecule has 8 nitrogen and oxygen atoms in total. The Bertz CT molecular complexity index is 1300. The van der Waals surface area contributed by atoms with Gasteiger partial charge in [-0.25, -0.2) is 13.2 Å². The maximum Gasteiger partial charge on any atom is 0.341 e. The topological polar surface area (TPSA) is 111 Å². The van der Waals surface area contributed by atoms with E-state index >= 15 is 0 Å². The van der Waals surface area contributed by atoms with Crippen LogP contribution in [0.3, 0.4) is 0 Å². The maximum atomic E-state index is 12.8.